The van der Waals surface area contributed by atoms with E-state index in [1.165, 1.54) is 6.20 Å². The van der Waals surface area contributed by atoms with Gasteiger partial charge in [0.25, 0.3) is 10.1 Å². The Balaban J connectivity index is 2.29. The minimum Gasteiger partial charge on any atom is -0.285 e. The molecule has 0 bridgehead atoms. The Morgan fingerprint density at radius 1 is 1.45 bits per heavy atom. The molecule has 20 heavy (non-hydrogen) atoms. The fourth-order valence-corrected chi connectivity index (χ4v) is 4.59. The average molecular weight is 338 g/mol. The zero-order valence-electron chi connectivity index (χ0n) is 10.6. The number of rotatable bonds is 2. The van der Waals surface area contributed by atoms with Crippen LogP contribution in [0.5, 0.6) is 0 Å². The van der Waals surface area contributed by atoms with E-state index in [0.717, 1.165) is 0 Å². The van der Waals surface area contributed by atoms with Crippen LogP contribution in [-0.2, 0) is 10.1 Å². The Morgan fingerprint density at radius 3 is 2.60 bits per heavy atom. The van der Waals surface area contributed by atoms with Gasteiger partial charge in [0.2, 0.25) is 5.69 Å². The van der Waals surface area contributed by atoms with E-state index >= 15 is 0 Å². The van der Waals surface area contributed by atoms with Gasteiger partial charge < -0.3 is 0 Å². The fourth-order valence-electron chi connectivity index (χ4n) is 2.48. The molecule has 9 heteroatoms. The van der Waals surface area contributed by atoms with Gasteiger partial charge in [-0.15, -0.1) is 23.2 Å². The summed E-state index contributed by atoms with van der Waals surface area (Å²) >= 11 is 12.3. The molecular weight excluding hydrogens is 325 g/mol. The lowest BCUT2D eigenvalue weighted by Crippen LogP contribution is -2.42. The maximum Gasteiger partial charge on any atom is 0.269 e. The molecule has 4 unspecified atom stereocenters. The zero-order chi connectivity index (χ0) is 15.1. The number of aromatic nitrogens is 2. The second kappa shape index (κ2) is 5.53. The Kier molecular flexibility index (Phi) is 4.30. The quantitative estimate of drug-likeness (QED) is 0.511. The lowest BCUT2D eigenvalue weighted by Gasteiger charge is -2.35. The molecular formula is C11H13Cl2N3O3S. The molecule has 0 aliphatic heterocycles. The van der Waals surface area contributed by atoms with E-state index in [0.29, 0.717) is 11.4 Å². The van der Waals surface area contributed by atoms with E-state index in [-0.39, 0.29) is 18.9 Å². The van der Waals surface area contributed by atoms with Gasteiger partial charge in [-0.25, -0.2) is 4.85 Å². The van der Waals surface area contributed by atoms with E-state index in [1.54, 1.807) is 11.6 Å². The summed E-state index contributed by atoms with van der Waals surface area (Å²) in [4.78, 5) is 3.34. The van der Waals surface area contributed by atoms with Gasteiger partial charge in [0, 0.05) is 5.69 Å². The van der Waals surface area contributed by atoms with Crippen molar-refractivity contribution in [3.8, 4) is 0 Å². The average Bonchev–Trinajstić information content (AvgIpc) is 2.71. The van der Waals surface area contributed by atoms with Crippen molar-refractivity contribution in [2.75, 3.05) is 0 Å². The van der Waals surface area contributed by atoms with Gasteiger partial charge in [0.05, 0.1) is 29.6 Å². The Hall–Kier alpha value is -0.810. The van der Waals surface area contributed by atoms with E-state index in [4.69, 9.17) is 34.3 Å². The van der Waals surface area contributed by atoms with Crippen LogP contribution in [0, 0.1) is 13.5 Å². The minimum absolute atomic E-state index is 0.0475. The normalized spacial score (nSPS) is 30.9. The van der Waals surface area contributed by atoms with Gasteiger partial charge in [0.15, 0.2) is 0 Å². The number of hydrogen-bond acceptors (Lipinski definition) is 3. The van der Waals surface area contributed by atoms with Crippen LogP contribution >= 0.6 is 23.2 Å². The summed E-state index contributed by atoms with van der Waals surface area (Å²) in [7, 11) is -4.22. The third kappa shape index (κ3) is 2.79. The molecule has 1 N–H and O–H groups in total. The third-order valence-electron chi connectivity index (χ3n) is 3.58. The molecule has 1 saturated carbocycles. The summed E-state index contributed by atoms with van der Waals surface area (Å²) in [5.74, 6) is 0. The van der Waals surface area contributed by atoms with Crippen LogP contribution in [0.2, 0.25) is 0 Å². The van der Waals surface area contributed by atoms with Gasteiger partial charge in [-0.2, -0.15) is 13.5 Å². The molecule has 6 nitrogen and oxygen atoms in total. The molecule has 0 radical (unpaired) electrons. The van der Waals surface area contributed by atoms with Gasteiger partial charge in [-0.3, -0.25) is 9.23 Å². The first-order valence-electron chi connectivity index (χ1n) is 5.91. The highest BCUT2D eigenvalue weighted by Crippen LogP contribution is 2.39. The zero-order valence-corrected chi connectivity index (χ0v) is 12.9. The molecule has 2 rings (SSSR count). The van der Waals surface area contributed by atoms with Crippen LogP contribution in [0.25, 0.3) is 4.85 Å². The van der Waals surface area contributed by atoms with Crippen molar-refractivity contribution in [1.82, 2.24) is 9.78 Å². The smallest absolute Gasteiger partial charge is 0.269 e. The highest BCUT2D eigenvalue weighted by molar-refractivity contribution is 7.86. The van der Waals surface area contributed by atoms with Crippen molar-refractivity contribution in [2.45, 2.75) is 41.8 Å². The second-order valence-corrected chi connectivity index (χ2v) is 7.55. The molecule has 0 aromatic carbocycles. The van der Waals surface area contributed by atoms with Gasteiger partial charge in [-0.1, -0.05) is 0 Å². The molecule has 0 spiro atoms. The first kappa shape index (κ1) is 15.6. The summed E-state index contributed by atoms with van der Waals surface area (Å²) in [5.41, 5.74) is 1.10. The van der Waals surface area contributed by atoms with Crippen molar-refractivity contribution < 1.29 is 13.0 Å². The van der Waals surface area contributed by atoms with E-state index in [9.17, 15) is 8.42 Å². The minimum atomic E-state index is -4.22. The SMILES string of the molecule is [C-]#[N+]c1cnn(C2CC(Cl)C(S(=O)(=O)O)CC2Cl)c1C. The van der Waals surface area contributed by atoms with Crippen molar-refractivity contribution in [1.29, 1.82) is 0 Å². The van der Waals surface area contributed by atoms with Crippen LogP contribution in [0.15, 0.2) is 6.20 Å². The van der Waals surface area contributed by atoms with E-state index in [1.807, 2.05) is 0 Å². The van der Waals surface area contributed by atoms with E-state index < -0.39 is 26.1 Å². The Bertz CT molecular complexity index is 652. The van der Waals surface area contributed by atoms with Crippen LogP contribution < -0.4 is 0 Å². The van der Waals surface area contributed by atoms with Crippen LogP contribution in [0.3, 0.4) is 0 Å². The monoisotopic (exact) mass is 337 g/mol. The third-order valence-corrected chi connectivity index (χ3v) is 5.97. The van der Waals surface area contributed by atoms with Crippen molar-refractivity contribution in [2.24, 2.45) is 0 Å². The lowest BCUT2D eigenvalue weighted by atomic mass is 9.94. The molecule has 4 atom stereocenters. The Morgan fingerprint density at radius 2 is 2.10 bits per heavy atom. The van der Waals surface area contributed by atoms with Crippen LogP contribution in [0.4, 0.5) is 5.69 Å². The maximum atomic E-state index is 11.3. The highest BCUT2D eigenvalue weighted by atomic mass is 35.5. The standard InChI is InChI=1S/C11H13Cl2N3O3S/c1-6-9(14-2)5-15-16(6)10-3-8(13)11(4-7(10)12)20(17,18)19/h5,7-8,10-11H,3-4H2,1H3,(H,17,18,19). The fraction of sp³-hybridized carbons (Fsp3) is 0.636. The summed E-state index contributed by atoms with van der Waals surface area (Å²) in [5, 5.41) is 1.78. The van der Waals surface area contributed by atoms with Gasteiger partial charge in [0.1, 0.15) is 5.25 Å². The van der Waals surface area contributed by atoms with Crippen LogP contribution in [-0.4, -0.2) is 38.8 Å². The van der Waals surface area contributed by atoms with E-state index in [2.05, 4.69) is 9.94 Å². The lowest BCUT2D eigenvalue weighted by molar-refractivity contribution is 0.326. The van der Waals surface area contributed by atoms with Crippen molar-refractivity contribution in [3.63, 3.8) is 0 Å². The largest absolute Gasteiger partial charge is 0.285 e. The Labute approximate surface area is 127 Å². The summed E-state index contributed by atoms with van der Waals surface area (Å²) in [6.07, 6.45) is 1.76. The topological polar surface area (TPSA) is 76.5 Å². The van der Waals surface area contributed by atoms with Crippen molar-refractivity contribution >= 4 is 39.0 Å². The highest BCUT2D eigenvalue weighted by Gasteiger charge is 2.43. The number of hydrogen-bond donors (Lipinski definition) is 1. The number of nitrogens with zero attached hydrogens (tertiary/aromatic N) is 3. The molecule has 110 valence electrons. The van der Waals surface area contributed by atoms with Gasteiger partial charge in [-0.05, 0) is 19.8 Å². The molecule has 0 amide bonds. The summed E-state index contributed by atoms with van der Waals surface area (Å²) < 4.78 is 33.3. The molecule has 1 aliphatic rings. The van der Waals surface area contributed by atoms with Crippen LogP contribution in [0.1, 0.15) is 24.6 Å². The maximum absolute atomic E-state index is 11.3. The first-order chi connectivity index (χ1) is 9.25. The second-order valence-electron chi connectivity index (χ2n) is 4.80. The number of alkyl halides is 2. The summed E-state index contributed by atoms with van der Waals surface area (Å²) in [6, 6.07) is -0.298. The first-order valence-corrected chi connectivity index (χ1v) is 8.29. The number of halogens is 2. The predicted octanol–water partition coefficient (Wildman–Crippen LogP) is 2.55. The molecule has 1 heterocycles. The predicted molar refractivity (Wildman–Crippen MR) is 76.1 cm³/mol. The van der Waals surface area contributed by atoms with Gasteiger partial charge >= 0.3 is 0 Å². The molecule has 0 saturated heterocycles. The molecule has 1 fully saturated rings. The molecule has 1 aromatic rings. The molecule has 1 aromatic heterocycles. The summed E-state index contributed by atoms with van der Waals surface area (Å²) in [6.45, 7) is 8.77. The molecule has 1 aliphatic carbocycles. The van der Waals surface area contributed by atoms with Crippen molar-refractivity contribution in [3.05, 3.63) is 23.3 Å².